The van der Waals surface area contributed by atoms with Gasteiger partial charge < -0.3 is 14.4 Å². The second-order valence-electron chi connectivity index (χ2n) is 7.81. The van der Waals surface area contributed by atoms with Crippen LogP contribution in [-0.4, -0.2) is 54.8 Å². The van der Waals surface area contributed by atoms with Crippen molar-refractivity contribution in [3.05, 3.63) is 66.1 Å². The molecule has 32 heavy (non-hydrogen) atoms. The predicted molar refractivity (Wildman–Crippen MR) is 119 cm³/mol. The van der Waals surface area contributed by atoms with Gasteiger partial charge in [0.2, 0.25) is 5.95 Å². The quantitative estimate of drug-likeness (QED) is 0.628. The third kappa shape index (κ3) is 3.67. The minimum absolute atomic E-state index is 0.204. The first kappa shape index (κ1) is 20.4. The summed E-state index contributed by atoms with van der Waals surface area (Å²) in [6, 6.07) is 13.5. The molecule has 1 unspecified atom stereocenters. The first-order valence-corrected chi connectivity index (χ1v) is 10.6. The van der Waals surface area contributed by atoms with E-state index >= 15 is 0 Å². The SMILES string of the molecule is CC1COc2ccccc2N1C(=O)c1cnc(N2CCOCC2)nc1-c1ccccc1F. The van der Waals surface area contributed by atoms with E-state index < -0.39 is 5.82 Å². The Labute approximate surface area is 185 Å². The summed E-state index contributed by atoms with van der Waals surface area (Å²) in [4.78, 5) is 26.6. The van der Waals surface area contributed by atoms with E-state index in [0.29, 0.717) is 50.3 Å². The van der Waals surface area contributed by atoms with Crippen molar-refractivity contribution >= 4 is 17.5 Å². The summed E-state index contributed by atoms with van der Waals surface area (Å²) in [6.45, 7) is 4.70. The fraction of sp³-hybridized carbons (Fsp3) is 0.292. The number of nitrogens with zero attached hydrogens (tertiary/aromatic N) is 4. The third-order valence-corrected chi connectivity index (χ3v) is 5.69. The normalized spacial score (nSPS) is 18.1. The molecule has 164 valence electrons. The van der Waals surface area contributed by atoms with Gasteiger partial charge in [0.25, 0.3) is 5.91 Å². The molecule has 2 aliphatic rings. The Balaban J connectivity index is 1.62. The van der Waals surface area contributed by atoms with Gasteiger partial charge in [-0.25, -0.2) is 14.4 Å². The molecule has 2 aliphatic heterocycles. The fourth-order valence-electron chi connectivity index (χ4n) is 4.04. The van der Waals surface area contributed by atoms with Crippen LogP contribution in [0.25, 0.3) is 11.3 Å². The summed E-state index contributed by atoms with van der Waals surface area (Å²) in [6.07, 6.45) is 1.51. The van der Waals surface area contributed by atoms with Gasteiger partial charge in [0.05, 0.1) is 36.2 Å². The summed E-state index contributed by atoms with van der Waals surface area (Å²) >= 11 is 0. The van der Waals surface area contributed by atoms with Crippen LogP contribution in [0.2, 0.25) is 0 Å². The summed E-state index contributed by atoms with van der Waals surface area (Å²) in [7, 11) is 0. The number of halogens is 1. The zero-order chi connectivity index (χ0) is 22.1. The molecule has 0 N–H and O–H groups in total. The standard InChI is InChI=1S/C24H23FN4O3/c1-16-15-32-21-9-5-4-8-20(21)29(16)23(30)18-14-26-24(28-10-12-31-13-11-28)27-22(18)17-6-2-3-7-19(17)25/h2-9,14,16H,10-13,15H2,1H3. The summed E-state index contributed by atoms with van der Waals surface area (Å²) < 4.78 is 26.0. The molecule has 8 heteroatoms. The highest BCUT2D eigenvalue weighted by Gasteiger charge is 2.33. The number of fused-ring (bicyclic) bond motifs is 1. The average molecular weight is 434 g/mol. The number of amides is 1. The van der Waals surface area contributed by atoms with Crippen LogP contribution in [0.5, 0.6) is 5.75 Å². The fourth-order valence-corrected chi connectivity index (χ4v) is 4.04. The number of aromatic nitrogens is 2. The molecule has 7 nitrogen and oxygen atoms in total. The van der Waals surface area contributed by atoms with Crippen LogP contribution in [0.15, 0.2) is 54.7 Å². The lowest BCUT2D eigenvalue weighted by Gasteiger charge is -2.35. The van der Waals surface area contributed by atoms with Crippen molar-refractivity contribution < 1.29 is 18.7 Å². The summed E-state index contributed by atoms with van der Waals surface area (Å²) in [5.74, 6) is 0.361. The van der Waals surface area contributed by atoms with E-state index in [0.717, 1.165) is 0 Å². The lowest BCUT2D eigenvalue weighted by Crippen LogP contribution is -2.45. The molecule has 1 saturated heterocycles. The van der Waals surface area contributed by atoms with E-state index in [-0.39, 0.29) is 28.8 Å². The number of ether oxygens (including phenoxy) is 2. The molecule has 0 spiro atoms. The zero-order valence-electron chi connectivity index (χ0n) is 17.7. The van der Waals surface area contributed by atoms with Crippen LogP contribution in [0.1, 0.15) is 17.3 Å². The first-order valence-electron chi connectivity index (χ1n) is 10.6. The van der Waals surface area contributed by atoms with Gasteiger partial charge >= 0.3 is 0 Å². The van der Waals surface area contributed by atoms with Crippen molar-refractivity contribution in [1.82, 2.24) is 9.97 Å². The number of rotatable bonds is 3. The minimum atomic E-state index is -0.441. The van der Waals surface area contributed by atoms with Gasteiger partial charge in [-0.05, 0) is 31.2 Å². The Kier molecular flexibility index (Phi) is 5.45. The number of benzene rings is 2. The lowest BCUT2D eigenvalue weighted by atomic mass is 10.0. The number of para-hydroxylation sites is 2. The number of hydrogen-bond donors (Lipinski definition) is 0. The zero-order valence-corrected chi connectivity index (χ0v) is 17.7. The van der Waals surface area contributed by atoms with Crippen LogP contribution in [0, 0.1) is 5.82 Å². The predicted octanol–water partition coefficient (Wildman–Crippen LogP) is 3.55. The number of hydrogen-bond acceptors (Lipinski definition) is 6. The Bertz CT molecular complexity index is 1150. The topological polar surface area (TPSA) is 67.8 Å². The summed E-state index contributed by atoms with van der Waals surface area (Å²) in [5, 5.41) is 0. The highest BCUT2D eigenvalue weighted by atomic mass is 19.1. The van der Waals surface area contributed by atoms with Crippen LogP contribution >= 0.6 is 0 Å². The van der Waals surface area contributed by atoms with Crippen molar-refractivity contribution in [2.45, 2.75) is 13.0 Å². The maximum atomic E-state index is 14.8. The highest BCUT2D eigenvalue weighted by Crippen LogP contribution is 2.36. The lowest BCUT2D eigenvalue weighted by molar-refractivity contribution is 0.0961. The molecule has 0 bridgehead atoms. The van der Waals surface area contributed by atoms with Gasteiger partial charge in [-0.2, -0.15) is 0 Å². The Morgan fingerprint density at radius 1 is 1.09 bits per heavy atom. The van der Waals surface area contributed by atoms with E-state index in [9.17, 15) is 9.18 Å². The maximum Gasteiger partial charge on any atom is 0.262 e. The van der Waals surface area contributed by atoms with Gasteiger partial charge in [-0.15, -0.1) is 0 Å². The summed E-state index contributed by atoms with van der Waals surface area (Å²) in [5.41, 5.74) is 1.46. The molecule has 1 atom stereocenters. The van der Waals surface area contributed by atoms with Crippen molar-refractivity contribution in [3.8, 4) is 17.0 Å². The van der Waals surface area contributed by atoms with E-state index in [1.807, 2.05) is 36.1 Å². The minimum Gasteiger partial charge on any atom is -0.489 e. The van der Waals surface area contributed by atoms with E-state index in [2.05, 4.69) is 9.97 Å². The third-order valence-electron chi connectivity index (χ3n) is 5.69. The second-order valence-corrected chi connectivity index (χ2v) is 7.81. The van der Waals surface area contributed by atoms with Gasteiger partial charge in [0, 0.05) is 24.8 Å². The molecule has 1 fully saturated rings. The Morgan fingerprint density at radius 2 is 1.84 bits per heavy atom. The van der Waals surface area contributed by atoms with Crippen molar-refractivity contribution in [2.24, 2.45) is 0 Å². The number of morpholine rings is 1. The second kappa shape index (κ2) is 8.55. The molecule has 1 aromatic heterocycles. The molecule has 1 amide bonds. The molecule has 0 radical (unpaired) electrons. The van der Waals surface area contributed by atoms with Gasteiger partial charge in [0.15, 0.2) is 0 Å². The number of carbonyl (C=O) groups is 1. The van der Waals surface area contributed by atoms with Crippen LogP contribution in [0.4, 0.5) is 16.0 Å². The van der Waals surface area contributed by atoms with Crippen molar-refractivity contribution in [2.75, 3.05) is 42.7 Å². The average Bonchev–Trinajstić information content (AvgIpc) is 2.84. The molecule has 3 heterocycles. The monoisotopic (exact) mass is 434 g/mol. The van der Waals surface area contributed by atoms with E-state index in [4.69, 9.17) is 9.47 Å². The molecule has 0 aliphatic carbocycles. The van der Waals surface area contributed by atoms with Crippen LogP contribution < -0.4 is 14.5 Å². The van der Waals surface area contributed by atoms with Crippen molar-refractivity contribution in [1.29, 1.82) is 0 Å². The first-order chi connectivity index (χ1) is 15.6. The van der Waals surface area contributed by atoms with E-state index in [1.54, 1.807) is 23.1 Å². The van der Waals surface area contributed by atoms with Crippen LogP contribution in [-0.2, 0) is 4.74 Å². The molecule has 0 saturated carbocycles. The molecule has 5 rings (SSSR count). The molecule has 2 aromatic carbocycles. The van der Waals surface area contributed by atoms with Crippen molar-refractivity contribution in [3.63, 3.8) is 0 Å². The maximum absolute atomic E-state index is 14.8. The largest absolute Gasteiger partial charge is 0.489 e. The Morgan fingerprint density at radius 3 is 2.66 bits per heavy atom. The van der Waals surface area contributed by atoms with Gasteiger partial charge in [0.1, 0.15) is 18.2 Å². The molecular weight excluding hydrogens is 411 g/mol. The Hall–Kier alpha value is -3.52. The molecular formula is C24H23FN4O3. The van der Waals surface area contributed by atoms with Crippen LogP contribution in [0.3, 0.4) is 0 Å². The van der Waals surface area contributed by atoms with Gasteiger partial charge in [-0.3, -0.25) is 9.69 Å². The van der Waals surface area contributed by atoms with E-state index in [1.165, 1.54) is 12.3 Å². The smallest absolute Gasteiger partial charge is 0.262 e. The number of carbonyl (C=O) groups excluding carboxylic acids is 1. The number of anilines is 2. The highest BCUT2D eigenvalue weighted by molar-refractivity contribution is 6.10. The van der Waals surface area contributed by atoms with Gasteiger partial charge in [-0.1, -0.05) is 24.3 Å². The molecule has 3 aromatic rings.